The molecule has 0 radical (unpaired) electrons. The Morgan fingerprint density at radius 2 is 2.14 bits per heavy atom. The fourth-order valence-electron chi connectivity index (χ4n) is 2.46. The van der Waals surface area contributed by atoms with Crippen molar-refractivity contribution >= 4 is 27.3 Å². The van der Waals surface area contributed by atoms with Gasteiger partial charge in [0.25, 0.3) is 5.69 Å². The van der Waals surface area contributed by atoms with Gasteiger partial charge in [-0.05, 0) is 18.9 Å². The number of rotatable bonds is 4. The van der Waals surface area contributed by atoms with Gasteiger partial charge in [0.05, 0.1) is 9.95 Å². The molecule has 1 fully saturated rings. The second kappa shape index (κ2) is 6.27. The Morgan fingerprint density at radius 1 is 1.43 bits per heavy atom. The SMILES string of the molecule is NCC1CCCCN1S(=O)(=O)c1ccc([N+](=O)[O-])cc1Cl. The van der Waals surface area contributed by atoms with E-state index in [1.165, 1.54) is 10.4 Å². The third kappa shape index (κ3) is 3.18. The van der Waals surface area contributed by atoms with Crippen molar-refractivity contribution in [2.75, 3.05) is 13.1 Å². The first-order valence-electron chi connectivity index (χ1n) is 6.53. The summed E-state index contributed by atoms with van der Waals surface area (Å²) in [4.78, 5) is 9.95. The van der Waals surface area contributed by atoms with Gasteiger partial charge < -0.3 is 5.73 Å². The summed E-state index contributed by atoms with van der Waals surface area (Å²) in [6, 6.07) is 3.11. The van der Waals surface area contributed by atoms with Crippen molar-refractivity contribution in [1.29, 1.82) is 0 Å². The first-order chi connectivity index (χ1) is 9.87. The fraction of sp³-hybridized carbons (Fsp3) is 0.500. The van der Waals surface area contributed by atoms with Gasteiger partial charge in [-0.3, -0.25) is 10.1 Å². The lowest BCUT2D eigenvalue weighted by molar-refractivity contribution is -0.384. The Morgan fingerprint density at radius 3 is 2.71 bits per heavy atom. The minimum absolute atomic E-state index is 0.116. The van der Waals surface area contributed by atoms with E-state index in [1.54, 1.807) is 0 Å². The van der Waals surface area contributed by atoms with E-state index < -0.39 is 14.9 Å². The lowest BCUT2D eigenvalue weighted by Gasteiger charge is -2.34. The number of piperidine rings is 1. The Balaban J connectivity index is 2.41. The van der Waals surface area contributed by atoms with Gasteiger partial charge >= 0.3 is 0 Å². The van der Waals surface area contributed by atoms with Crippen molar-refractivity contribution in [3.05, 3.63) is 33.3 Å². The molecular weight excluding hydrogens is 318 g/mol. The molecule has 1 unspecified atom stereocenters. The summed E-state index contributed by atoms with van der Waals surface area (Å²) in [6.07, 6.45) is 2.41. The maximum absolute atomic E-state index is 12.7. The normalized spacial score (nSPS) is 20.4. The number of nitro benzene ring substituents is 1. The van der Waals surface area contributed by atoms with E-state index in [4.69, 9.17) is 17.3 Å². The minimum Gasteiger partial charge on any atom is -0.329 e. The topological polar surface area (TPSA) is 107 Å². The van der Waals surface area contributed by atoms with Crippen molar-refractivity contribution in [3.8, 4) is 0 Å². The molecule has 9 heteroatoms. The molecule has 0 aromatic heterocycles. The van der Waals surface area contributed by atoms with Crippen LogP contribution in [0.2, 0.25) is 5.02 Å². The molecule has 1 aliphatic heterocycles. The van der Waals surface area contributed by atoms with E-state index in [-0.39, 0.29) is 28.2 Å². The van der Waals surface area contributed by atoms with Crippen molar-refractivity contribution in [3.63, 3.8) is 0 Å². The maximum atomic E-state index is 12.7. The van der Waals surface area contributed by atoms with Crippen molar-refractivity contribution < 1.29 is 13.3 Å². The van der Waals surface area contributed by atoms with Crippen LogP contribution in [-0.2, 0) is 10.0 Å². The summed E-state index contributed by atoms with van der Waals surface area (Å²) < 4.78 is 26.7. The zero-order chi connectivity index (χ0) is 15.6. The molecule has 21 heavy (non-hydrogen) atoms. The molecule has 1 atom stereocenters. The van der Waals surface area contributed by atoms with Crippen molar-refractivity contribution in [2.24, 2.45) is 5.73 Å². The van der Waals surface area contributed by atoms with Gasteiger partial charge in [0.2, 0.25) is 10.0 Å². The molecule has 2 N–H and O–H groups in total. The number of halogens is 1. The number of nitro groups is 1. The number of nitrogens with two attached hydrogens (primary N) is 1. The smallest absolute Gasteiger partial charge is 0.271 e. The molecule has 0 bridgehead atoms. The number of nitrogens with zero attached hydrogens (tertiary/aromatic N) is 2. The molecular formula is C12H16ClN3O4S. The van der Waals surface area contributed by atoms with Crippen LogP contribution in [0.4, 0.5) is 5.69 Å². The summed E-state index contributed by atoms with van der Waals surface area (Å²) in [7, 11) is -3.80. The molecule has 1 heterocycles. The lowest BCUT2D eigenvalue weighted by atomic mass is 10.1. The van der Waals surface area contributed by atoms with Crippen LogP contribution in [0.1, 0.15) is 19.3 Å². The Kier molecular flexibility index (Phi) is 4.82. The minimum atomic E-state index is -3.80. The zero-order valence-electron chi connectivity index (χ0n) is 11.2. The second-order valence-electron chi connectivity index (χ2n) is 4.87. The van der Waals surface area contributed by atoms with E-state index in [0.717, 1.165) is 25.0 Å². The van der Waals surface area contributed by atoms with E-state index in [1.807, 2.05) is 0 Å². The first kappa shape index (κ1) is 16.2. The van der Waals surface area contributed by atoms with Crippen LogP contribution in [0.25, 0.3) is 0 Å². The van der Waals surface area contributed by atoms with Crippen LogP contribution in [0.5, 0.6) is 0 Å². The Labute approximate surface area is 127 Å². The van der Waals surface area contributed by atoms with E-state index in [2.05, 4.69) is 0 Å². The monoisotopic (exact) mass is 333 g/mol. The predicted molar refractivity (Wildman–Crippen MR) is 78.7 cm³/mol. The van der Waals surface area contributed by atoms with Gasteiger partial charge in [-0.25, -0.2) is 8.42 Å². The van der Waals surface area contributed by atoms with Crippen LogP contribution in [0, 0.1) is 10.1 Å². The summed E-state index contributed by atoms with van der Waals surface area (Å²) in [5.74, 6) is 0. The van der Waals surface area contributed by atoms with Crippen molar-refractivity contribution in [1.82, 2.24) is 4.31 Å². The highest BCUT2D eigenvalue weighted by Crippen LogP contribution is 2.31. The van der Waals surface area contributed by atoms with Gasteiger partial charge in [0.1, 0.15) is 4.90 Å². The average molecular weight is 334 g/mol. The highest BCUT2D eigenvalue weighted by atomic mass is 35.5. The number of sulfonamides is 1. The third-order valence-electron chi connectivity index (χ3n) is 3.56. The largest absolute Gasteiger partial charge is 0.329 e. The molecule has 0 saturated carbocycles. The van der Waals surface area contributed by atoms with Crippen LogP contribution in [0.3, 0.4) is 0 Å². The molecule has 7 nitrogen and oxygen atoms in total. The molecule has 1 aromatic carbocycles. The van der Waals surface area contributed by atoms with Crippen LogP contribution >= 0.6 is 11.6 Å². The van der Waals surface area contributed by atoms with Gasteiger partial charge in [0, 0.05) is 31.3 Å². The molecule has 2 rings (SSSR count). The fourth-order valence-corrected chi connectivity index (χ4v) is 4.68. The van der Waals surface area contributed by atoms with Crippen LogP contribution in [0.15, 0.2) is 23.1 Å². The molecule has 1 aliphatic rings. The number of hydrogen-bond donors (Lipinski definition) is 1. The third-order valence-corrected chi connectivity index (χ3v) is 5.99. The molecule has 116 valence electrons. The van der Waals surface area contributed by atoms with Crippen LogP contribution in [-0.4, -0.2) is 36.8 Å². The summed E-state index contributed by atoms with van der Waals surface area (Å²) in [5, 5.41) is 10.5. The van der Waals surface area contributed by atoms with Crippen molar-refractivity contribution in [2.45, 2.75) is 30.2 Å². The van der Waals surface area contributed by atoms with Gasteiger partial charge in [-0.1, -0.05) is 18.0 Å². The first-order valence-corrected chi connectivity index (χ1v) is 8.35. The Hall–Kier alpha value is -1.22. The Bertz CT molecular complexity index is 650. The molecule has 1 aromatic rings. The van der Waals surface area contributed by atoms with Gasteiger partial charge in [-0.2, -0.15) is 4.31 Å². The molecule has 0 amide bonds. The summed E-state index contributed by atoms with van der Waals surface area (Å²) in [6.45, 7) is 0.626. The number of non-ortho nitro benzene ring substituents is 1. The maximum Gasteiger partial charge on any atom is 0.271 e. The number of benzene rings is 1. The van der Waals surface area contributed by atoms with Gasteiger partial charge in [-0.15, -0.1) is 0 Å². The summed E-state index contributed by atoms with van der Waals surface area (Å²) >= 11 is 5.93. The standard InChI is InChI=1S/C12H16ClN3O4S/c13-11-7-9(16(17)18)4-5-12(11)21(19,20)15-6-2-1-3-10(15)8-14/h4-5,7,10H,1-3,6,8,14H2. The van der Waals surface area contributed by atoms with E-state index in [9.17, 15) is 18.5 Å². The summed E-state index contributed by atoms with van der Waals surface area (Å²) in [5.41, 5.74) is 5.40. The lowest BCUT2D eigenvalue weighted by Crippen LogP contribution is -2.47. The second-order valence-corrected chi connectivity index (χ2v) is 7.14. The predicted octanol–water partition coefficient (Wildman–Crippen LogP) is 1.75. The average Bonchev–Trinajstić information content (AvgIpc) is 2.46. The molecule has 1 saturated heterocycles. The van der Waals surface area contributed by atoms with Gasteiger partial charge in [0.15, 0.2) is 0 Å². The van der Waals surface area contributed by atoms with E-state index in [0.29, 0.717) is 13.0 Å². The highest BCUT2D eigenvalue weighted by Gasteiger charge is 2.34. The van der Waals surface area contributed by atoms with Crippen LogP contribution < -0.4 is 5.73 Å². The zero-order valence-corrected chi connectivity index (χ0v) is 12.8. The van der Waals surface area contributed by atoms with E-state index >= 15 is 0 Å². The number of hydrogen-bond acceptors (Lipinski definition) is 5. The quantitative estimate of drug-likeness (QED) is 0.667. The molecule has 0 spiro atoms. The molecule has 0 aliphatic carbocycles. The highest BCUT2D eigenvalue weighted by molar-refractivity contribution is 7.89.